The van der Waals surface area contributed by atoms with Crippen LogP contribution in [0.25, 0.3) is 10.2 Å². The molecule has 1 unspecified atom stereocenters. The van der Waals surface area contributed by atoms with E-state index in [0.29, 0.717) is 0 Å². The van der Waals surface area contributed by atoms with Crippen LogP contribution in [0.2, 0.25) is 0 Å². The Morgan fingerprint density at radius 3 is 2.45 bits per heavy atom. The number of thiazole rings is 1. The summed E-state index contributed by atoms with van der Waals surface area (Å²) < 4.78 is 28.3. The van der Waals surface area contributed by atoms with Gasteiger partial charge in [-0.05, 0) is 31.2 Å². The molecule has 2 aromatic carbocycles. The normalized spacial score (nSPS) is 12.6. The largest absolute Gasteiger partial charge is 0.371 e. The third-order valence-corrected chi connectivity index (χ3v) is 4.22. The molecule has 0 aliphatic rings. The summed E-state index contributed by atoms with van der Waals surface area (Å²) in [7, 11) is 0. The van der Waals surface area contributed by atoms with Gasteiger partial charge in [0.25, 0.3) is 0 Å². The van der Waals surface area contributed by atoms with Crippen molar-refractivity contribution in [2.24, 2.45) is 0 Å². The van der Waals surface area contributed by atoms with Crippen molar-refractivity contribution in [3.63, 3.8) is 0 Å². The smallest absolute Gasteiger partial charge is 0.149 e. The Labute approximate surface area is 119 Å². The van der Waals surface area contributed by atoms with Gasteiger partial charge in [0.05, 0.1) is 16.3 Å². The molecule has 1 N–H and O–H groups in total. The molecular formula is C15H12F2N2S. The van der Waals surface area contributed by atoms with E-state index in [0.717, 1.165) is 15.2 Å². The van der Waals surface area contributed by atoms with Crippen LogP contribution in [-0.2, 0) is 0 Å². The molecule has 20 heavy (non-hydrogen) atoms. The van der Waals surface area contributed by atoms with E-state index in [-0.39, 0.29) is 11.7 Å². The zero-order valence-corrected chi connectivity index (χ0v) is 11.5. The number of para-hydroxylation sites is 2. The van der Waals surface area contributed by atoms with Crippen LogP contribution in [0.3, 0.4) is 0 Å². The Balaban J connectivity index is 1.91. The van der Waals surface area contributed by atoms with Crippen molar-refractivity contribution in [2.75, 3.05) is 5.32 Å². The van der Waals surface area contributed by atoms with Crippen molar-refractivity contribution in [1.82, 2.24) is 4.98 Å². The molecule has 0 bridgehead atoms. The van der Waals surface area contributed by atoms with Crippen LogP contribution in [0.4, 0.5) is 14.5 Å². The highest BCUT2D eigenvalue weighted by Crippen LogP contribution is 2.29. The monoisotopic (exact) mass is 290 g/mol. The molecule has 5 heteroatoms. The predicted octanol–water partition coefficient (Wildman–Crippen LogP) is 4.75. The summed E-state index contributed by atoms with van der Waals surface area (Å²) in [6.07, 6.45) is 0. The second kappa shape index (κ2) is 5.17. The molecule has 3 rings (SSSR count). The standard InChI is InChI=1S/C15H12F2N2S/c1-9(18-14-10(16)5-4-6-11(14)17)15-19-12-7-2-3-8-13(12)20-15/h2-9,18H,1H3. The molecule has 102 valence electrons. The highest BCUT2D eigenvalue weighted by molar-refractivity contribution is 7.18. The minimum absolute atomic E-state index is 0.112. The average Bonchev–Trinajstić information content (AvgIpc) is 2.87. The molecule has 2 nitrogen and oxygen atoms in total. The van der Waals surface area contributed by atoms with Gasteiger partial charge in [0.1, 0.15) is 22.3 Å². The molecule has 0 fully saturated rings. The molecule has 0 saturated heterocycles. The fourth-order valence-electron chi connectivity index (χ4n) is 1.99. The van der Waals surface area contributed by atoms with Crippen LogP contribution in [0.15, 0.2) is 42.5 Å². The van der Waals surface area contributed by atoms with Crippen molar-refractivity contribution in [2.45, 2.75) is 13.0 Å². The van der Waals surface area contributed by atoms with Crippen LogP contribution in [-0.4, -0.2) is 4.98 Å². The van der Waals surface area contributed by atoms with Gasteiger partial charge in [-0.25, -0.2) is 13.8 Å². The number of anilines is 1. The second-order valence-electron chi connectivity index (χ2n) is 4.48. The Bertz CT molecular complexity index is 701. The fraction of sp³-hybridized carbons (Fsp3) is 0.133. The lowest BCUT2D eigenvalue weighted by Crippen LogP contribution is -2.09. The summed E-state index contributed by atoms with van der Waals surface area (Å²) in [5.41, 5.74) is 0.786. The fourth-order valence-corrected chi connectivity index (χ4v) is 2.96. The van der Waals surface area contributed by atoms with E-state index in [2.05, 4.69) is 10.3 Å². The van der Waals surface area contributed by atoms with Crippen LogP contribution >= 0.6 is 11.3 Å². The summed E-state index contributed by atoms with van der Waals surface area (Å²) in [5, 5.41) is 3.65. The van der Waals surface area contributed by atoms with Gasteiger partial charge in [-0.1, -0.05) is 18.2 Å². The lowest BCUT2D eigenvalue weighted by atomic mass is 10.2. The Hall–Kier alpha value is -2.01. The third kappa shape index (κ3) is 2.36. The number of halogens is 2. The Kier molecular flexibility index (Phi) is 3.36. The number of nitrogens with zero attached hydrogens (tertiary/aromatic N) is 1. The molecule has 0 aliphatic heterocycles. The third-order valence-electron chi connectivity index (χ3n) is 3.00. The highest BCUT2D eigenvalue weighted by Gasteiger charge is 2.15. The van der Waals surface area contributed by atoms with Gasteiger partial charge < -0.3 is 5.32 Å². The van der Waals surface area contributed by atoms with Gasteiger partial charge in [-0.2, -0.15) is 0 Å². The summed E-state index contributed by atoms with van der Waals surface area (Å²) in [4.78, 5) is 4.48. The number of fused-ring (bicyclic) bond motifs is 1. The van der Waals surface area contributed by atoms with Gasteiger partial charge >= 0.3 is 0 Å². The van der Waals surface area contributed by atoms with E-state index < -0.39 is 11.6 Å². The van der Waals surface area contributed by atoms with Crippen molar-refractivity contribution < 1.29 is 8.78 Å². The molecule has 0 aliphatic carbocycles. The Morgan fingerprint density at radius 2 is 1.75 bits per heavy atom. The maximum atomic E-state index is 13.6. The van der Waals surface area contributed by atoms with E-state index >= 15 is 0 Å². The Morgan fingerprint density at radius 1 is 1.05 bits per heavy atom. The van der Waals surface area contributed by atoms with Gasteiger partial charge in [0.15, 0.2) is 0 Å². The van der Waals surface area contributed by atoms with Crippen molar-refractivity contribution >= 4 is 27.2 Å². The SMILES string of the molecule is CC(Nc1c(F)cccc1F)c1nc2ccccc2s1. The number of aromatic nitrogens is 1. The number of hydrogen-bond donors (Lipinski definition) is 1. The van der Waals surface area contributed by atoms with Crippen LogP contribution < -0.4 is 5.32 Å². The average molecular weight is 290 g/mol. The number of nitrogens with one attached hydrogen (secondary N) is 1. The lowest BCUT2D eigenvalue weighted by Gasteiger charge is -2.13. The van der Waals surface area contributed by atoms with Gasteiger partial charge in [0, 0.05) is 0 Å². The quantitative estimate of drug-likeness (QED) is 0.753. The zero-order chi connectivity index (χ0) is 14.1. The maximum absolute atomic E-state index is 13.6. The predicted molar refractivity (Wildman–Crippen MR) is 78.0 cm³/mol. The minimum Gasteiger partial charge on any atom is -0.371 e. The van der Waals surface area contributed by atoms with Crippen molar-refractivity contribution in [3.05, 3.63) is 59.1 Å². The highest BCUT2D eigenvalue weighted by atomic mass is 32.1. The maximum Gasteiger partial charge on any atom is 0.149 e. The molecule has 1 aromatic heterocycles. The number of hydrogen-bond acceptors (Lipinski definition) is 3. The molecule has 0 amide bonds. The molecule has 0 spiro atoms. The minimum atomic E-state index is -0.599. The molecular weight excluding hydrogens is 278 g/mol. The van der Waals surface area contributed by atoms with Crippen molar-refractivity contribution in [1.29, 1.82) is 0 Å². The molecule has 0 radical (unpaired) electrons. The van der Waals surface area contributed by atoms with E-state index in [4.69, 9.17) is 0 Å². The van der Waals surface area contributed by atoms with Gasteiger partial charge in [0.2, 0.25) is 0 Å². The zero-order valence-electron chi connectivity index (χ0n) is 10.7. The van der Waals surface area contributed by atoms with Crippen molar-refractivity contribution in [3.8, 4) is 0 Å². The topological polar surface area (TPSA) is 24.9 Å². The number of rotatable bonds is 3. The lowest BCUT2D eigenvalue weighted by molar-refractivity contribution is 0.584. The first kappa shape index (κ1) is 13.0. The van der Waals surface area contributed by atoms with E-state index in [1.807, 2.05) is 31.2 Å². The van der Waals surface area contributed by atoms with E-state index in [1.54, 1.807) is 0 Å². The summed E-state index contributed by atoms with van der Waals surface area (Å²) in [5.74, 6) is -1.20. The first-order valence-electron chi connectivity index (χ1n) is 6.21. The first-order chi connectivity index (χ1) is 9.65. The van der Waals surface area contributed by atoms with Gasteiger partial charge in [-0.3, -0.25) is 0 Å². The second-order valence-corrected chi connectivity index (χ2v) is 5.54. The van der Waals surface area contributed by atoms with E-state index in [9.17, 15) is 8.78 Å². The first-order valence-corrected chi connectivity index (χ1v) is 7.03. The summed E-state index contributed by atoms with van der Waals surface area (Å²) >= 11 is 1.52. The van der Waals surface area contributed by atoms with Crippen LogP contribution in [0.1, 0.15) is 18.0 Å². The van der Waals surface area contributed by atoms with Crippen LogP contribution in [0.5, 0.6) is 0 Å². The molecule has 1 heterocycles. The molecule has 3 aromatic rings. The molecule has 1 atom stereocenters. The number of benzene rings is 2. The van der Waals surface area contributed by atoms with Crippen LogP contribution in [0, 0.1) is 11.6 Å². The van der Waals surface area contributed by atoms with Gasteiger partial charge in [-0.15, -0.1) is 11.3 Å². The summed E-state index contributed by atoms with van der Waals surface area (Å²) in [6.45, 7) is 1.84. The molecule has 0 saturated carbocycles. The van der Waals surface area contributed by atoms with E-state index in [1.165, 1.54) is 29.5 Å². The summed E-state index contributed by atoms with van der Waals surface area (Å²) in [6, 6.07) is 11.3.